The van der Waals surface area contributed by atoms with Crippen LogP contribution in [0.25, 0.3) is 27.7 Å². The van der Waals surface area contributed by atoms with Crippen LogP contribution in [-0.2, 0) is 26.8 Å². The average molecular weight is 457 g/mol. The van der Waals surface area contributed by atoms with Gasteiger partial charge in [0.15, 0.2) is 5.82 Å². The van der Waals surface area contributed by atoms with Gasteiger partial charge in [-0.05, 0) is 24.3 Å². The van der Waals surface area contributed by atoms with Crippen molar-refractivity contribution < 1.29 is 13.2 Å². The number of aromatic nitrogens is 7. The van der Waals surface area contributed by atoms with Crippen LogP contribution in [-0.4, -0.2) is 33.3 Å². The maximum Gasteiger partial charge on any atom is 0.433 e. The molecule has 0 aliphatic heterocycles. The Morgan fingerprint density at radius 2 is 1.61 bits per heavy atom. The van der Waals surface area contributed by atoms with Crippen molar-refractivity contribution in [1.29, 1.82) is 0 Å². The molecular formula is C20H14F3N7O3. The van der Waals surface area contributed by atoms with Crippen molar-refractivity contribution in [3.8, 4) is 0 Å². The first-order valence-electron chi connectivity index (χ1n) is 9.59. The van der Waals surface area contributed by atoms with Crippen molar-refractivity contribution in [3.05, 3.63) is 79.1 Å². The van der Waals surface area contributed by atoms with Gasteiger partial charge in [0.1, 0.15) is 11.3 Å². The quantitative estimate of drug-likeness (QED) is 0.392. The number of benzene rings is 1. The predicted molar refractivity (Wildman–Crippen MR) is 111 cm³/mol. The zero-order valence-electron chi connectivity index (χ0n) is 17.2. The van der Waals surface area contributed by atoms with Crippen LogP contribution in [0.15, 0.2) is 50.8 Å². The number of halogens is 3. The highest BCUT2D eigenvalue weighted by atomic mass is 19.4. The number of alkyl halides is 3. The van der Waals surface area contributed by atoms with Gasteiger partial charge in [0, 0.05) is 14.1 Å². The number of rotatable bonds is 2. The summed E-state index contributed by atoms with van der Waals surface area (Å²) in [5, 5.41) is 8.31. The summed E-state index contributed by atoms with van der Waals surface area (Å²) in [5.41, 5.74) is -3.08. The molecule has 1 aromatic carbocycles. The summed E-state index contributed by atoms with van der Waals surface area (Å²) in [4.78, 5) is 42.0. The molecule has 0 unspecified atom stereocenters. The number of hydrogen-bond acceptors (Lipinski definition) is 6. The SMILES string of the molecule is Cn1c(=O)n(Cc2nnc3n(C)c(=O)c4ccccc4n23)c(=O)c2ccc(C(F)(F)F)nc21. The van der Waals surface area contributed by atoms with E-state index in [1.54, 1.807) is 28.7 Å². The second kappa shape index (κ2) is 6.85. The molecule has 0 atom stereocenters. The summed E-state index contributed by atoms with van der Waals surface area (Å²) >= 11 is 0. The molecule has 0 spiro atoms. The third-order valence-electron chi connectivity index (χ3n) is 5.47. The lowest BCUT2D eigenvalue weighted by Crippen LogP contribution is -2.40. The Bertz CT molecular complexity index is 1780. The first kappa shape index (κ1) is 20.6. The Kier molecular flexibility index (Phi) is 4.28. The second-order valence-electron chi connectivity index (χ2n) is 7.43. The average Bonchev–Trinajstić information content (AvgIpc) is 3.22. The van der Waals surface area contributed by atoms with Crippen LogP contribution in [0.1, 0.15) is 11.5 Å². The van der Waals surface area contributed by atoms with Gasteiger partial charge in [-0.25, -0.2) is 9.78 Å². The molecule has 5 rings (SSSR count). The third-order valence-corrected chi connectivity index (χ3v) is 5.47. The van der Waals surface area contributed by atoms with Crippen molar-refractivity contribution in [3.63, 3.8) is 0 Å². The Balaban J connectivity index is 1.76. The normalized spacial score (nSPS) is 12.3. The minimum atomic E-state index is -4.73. The maximum atomic E-state index is 13.0. The highest BCUT2D eigenvalue weighted by molar-refractivity contribution is 5.80. The molecule has 0 fully saturated rings. The van der Waals surface area contributed by atoms with E-state index >= 15 is 0 Å². The lowest BCUT2D eigenvalue weighted by molar-refractivity contribution is -0.141. The van der Waals surface area contributed by atoms with Crippen molar-refractivity contribution >= 4 is 27.7 Å². The van der Waals surface area contributed by atoms with E-state index in [-0.39, 0.29) is 34.7 Å². The number of nitrogens with zero attached hydrogens (tertiary/aromatic N) is 7. The minimum Gasteiger partial charge on any atom is -0.280 e. The van der Waals surface area contributed by atoms with Crippen LogP contribution in [0.2, 0.25) is 0 Å². The van der Waals surface area contributed by atoms with Crippen LogP contribution in [0, 0.1) is 0 Å². The van der Waals surface area contributed by atoms with E-state index in [1.807, 2.05) is 0 Å². The molecule has 0 amide bonds. The van der Waals surface area contributed by atoms with Crippen LogP contribution in [0.3, 0.4) is 0 Å². The summed E-state index contributed by atoms with van der Waals surface area (Å²) in [6, 6.07) is 8.41. The van der Waals surface area contributed by atoms with Gasteiger partial charge in [-0.1, -0.05) is 12.1 Å². The molecule has 0 N–H and O–H groups in total. The Labute approximate surface area is 180 Å². The van der Waals surface area contributed by atoms with Gasteiger partial charge < -0.3 is 0 Å². The highest BCUT2D eigenvalue weighted by Gasteiger charge is 2.33. The number of hydrogen-bond donors (Lipinski definition) is 0. The molecule has 168 valence electrons. The Hall–Kier alpha value is -4.29. The molecule has 4 aromatic heterocycles. The van der Waals surface area contributed by atoms with Gasteiger partial charge in [0.05, 0.1) is 22.8 Å². The van der Waals surface area contributed by atoms with E-state index in [9.17, 15) is 27.6 Å². The molecule has 0 aliphatic rings. The fourth-order valence-corrected chi connectivity index (χ4v) is 3.81. The number of pyridine rings is 1. The van der Waals surface area contributed by atoms with Gasteiger partial charge in [-0.2, -0.15) is 13.2 Å². The smallest absolute Gasteiger partial charge is 0.280 e. The van der Waals surface area contributed by atoms with Crippen LogP contribution in [0.4, 0.5) is 13.2 Å². The van der Waals surface area contributed by atoms with Gasteiger partial charge in [0.2, 0.25) is 5.78 Å². The molecular weight excluding hydrogens is 443 g/mol. The molecule has 0 aliphatic carbocycles. The van der Waals surface area contributed by atoms with E-state index in [1.165, 1.54) is 18.7 Å². The standard InChI is InChI=1S/C20H14F3N7O3/c1-27-15-11(7-8-13(24-15)20(21,22)23)17(32)29(19(27)33)9-14-25-26-18-28(2)16(31)10-5-3-4-6-12(10)30(14)18/h3-8H,9H2,1-2H3. The van der Waals surface area contributed by atoms with E-state index in [4.69, 9.17) is 0 Å². The molecule has 10 nitrogen and oxygen atoms in total. The number of aryl methyl sites for hydroxylation is 2. The largest absolute Gasteiger partial charge is 0.433 e. The monoisotopic (exact) mass is 457 g/mol. The van der Waals surface area contributed by atoms with Gasteiger partial charge in [0.25, 0.3) is 11.1 Å². The predicted octanol–water partition coefficient (Wildman–Crippen LogP) is 1.06. The maximum absolute atomic E-state index is 13.0. The molecule has 0 saturated heterocycles. The fourth-order valence-electron chi connectivity index (χ4n) is 3.81. The summed E-state index contributed by atoms with van der Waals surface area (Å²) < 4.78 is 43.7. The van der Waals surface area contributed by atoms with E-state index < -0.39 is 23.1 Å². The zero-order chi connectivity index (χ0) is 23.7. The Morgan fingerprint density at radius 3 is 2.33 bits per heavy atom. The van der Waals surface area contributed by atoms with E-state index in [0.29, 0.717) is 17.0 Å². The molecule has 4 heterocycles. The number of para-hydroxylation sites is 1. The fraction of sp³-hybridized carbons (Fsp3) is 0.200. The van der Waals surface area contributed by atoms with Crippen LogP contribution >= 0.6 is 0 Å². The molecule has 13 heteroatoms. The first-order chi connectivity index (χ1) is 15.6. The van der Waals surface area contributed by atoms with Crippen molar-refractivity contribution in [2.24, 2.45) is 14.1 Å². The summed E-state index contributed by atoms with van der Waals surface area (Å²) in [5.74, 6) is 0.395. The minimum absolute atomic E-state index is 0.156. The molecule has 5 aromatic rings. The summed E-state index contributed by atoms with van der Waals surface area (Å²) in [7, 11) is 2.75. The van der Waals surface area contributed by atoms with Gasteiger partial charge >= 0.3 is 11.9 Å². The van der Waals surface area contributed by atoms with Gasteiger partial charge in [-0.3, -0.25) is 27.7 Å². The molecule has 0 radical (unpaired) electrons. The Morgan fingerprint density at radius 1 is 0.879 bits per heavy atom. The summed E-state index contributed by atoms with van der Waals surface area (Å²) in [6.45, 7) is -0.328. The second-order valence-corrected chi connectivity index (χ2v) is 7.43. The molecule has 0 saturated carbocycles. The van der Waals surface area contributed by atoms with E-state index in [2.05, 4.69) is 15.2 Å². The topological polar surface area (TPSA) is 109 Å². The van der Waals surface area contributed by atoms with Crippen molar-refractivity contribution in [1.82, 2.24) is 33.3 Å². The number of fused-ring (bicyclic) bond motifs is 4. The van der Waals surface area contributed by atoms with Crippen molar-refractivity contribution in [2.45, 2.75) is 12.7 Å². The van der Waals surface area contributed by atoms with E-state index in [0.717, 1.165) is 15.2 Å². The van der Waals surface area contributed by atoms with Gasteiger partial charge in [-0.15, -0.1) is 10.2 Å². The van der Waals surface area contributed by atoms with Crippen LogP contribution in [0.5, 0.6) is 0 Å². The highest BCUT2D eigenvalue weighted by Crippen LogP contribution is 2.28. The summed E-state index contributed by atoms with van der Waals surface area (Å²) in [6.07, 6.45) is -4.73. The third kappa shape index (κ3) is 2.96. The molecule has 0 bridgehead atoms. The van der Waals surface area contributed by atoms with Crippen molar-refractivity contribution in [2.75, 3.05) is 0 Å². The first-order valence-corrected chi connectivity index (χ1v) is 9.59. The zero-order valence-corrected chi connectivity index (χ0v) is 17.2. The lowest BCUT2D eigenvalue weighted by atomic mass is 10.2. The molecule has 33 heavy (non-hydrogen) atoms. The van der Waals surface area contributed by atoms with Crippen LogP contribution < -0.4 is 16.8 Å². The lowest BCUT2D eigenvalue weighted by Gasteiger charge is -2.12.